The van der Waals surface area contributed by atoms with Crippen LogP contribution in [0.2, 0.25) is 0 Å². The lowest BCUT2D eigenvalue weighted by Crippen LogP contribution is -2.37. The van der Waals surface area contributed by atoms with E-state index in [9.17, 15) is 9.69 Å². The molecule has 10 atom stereocenters. The van der Waals surface area contributed by atoms with E-state index in [1.165, 1.54) is 37.8 Å². The van der Waals surface area contributed by atoms with Crippen LogP contribution < -0.4 is 17.0 Å². The lowest BCUT2D eigenvalue weighted by atomic mass is 10.1. The number of hydrogen-bond donors (Lipinski definition) is 5. The van der Waals surface area contributed by atoms with Crippen molar-refractivity contribution in [1.29, 1.82) is 0 Å². The molecule has 0 spiro atoms. The van der Waals surface area contributed by atoms with Gasteiger partial charge in [-0.05, 0) is 11.8 Å². The Balaban J connectivity index is 1.20. The fourth-order valence-corrected chi connectivity index (χ4v) is 8.45. The SMILES string of the molecule is COC1C2COP(O)(=S)OC3C(COP(S)OC1C(n1cnc4c(=O)[nH]c(N)nc41)O2)OC(n1cnc2c(N)ncnc21)C3OC. The molecule has 24 heteroatoms. The third-order valence-electron chi connectivity index (χ3n) is 7.72. The van der Waals surface area contributed by atoms with E-state index < -0.39 is 68.9 Å². The number of thiol groups is 1. The predicted molar refractivity (Wildman–Crippen MR) is 166 cm³/mol. The van der Waals surface area contributed by atoms with E-state index >= 15 is 0 Å². The maximum Gasteiger partial charge on any atom is 0.325 e. The van der Waals surface area contributed by atoms with Crippen LogP contribution in [-0.4, -0.2) is 108 Å². The van der Waals surface area contributed by atoms with Gasteiger partial charge in [-0.1, -0.05) is 12.2 Å². The second-order valence-electron chi connectivity index (χ2n) is 10.3. The first-order chi connectivity index (χ1) is 22.1. The van der Waals surface area contributed by atoms with Crippen molar-refractivity contribution in [1.82, 2.24) is 39.0 Å². The Kier molecular flexibility index (Phi) is 8.76. The highest BCUT2D eigenvalue weighted by atomic mass is 32.7. The molecule has 3 saturated heterocycles. The van der Waals surface area contributed by atoms with E-state index in [1.807, 2.05) is 0 Å². The number of nitrogens with one attached hydrogen (secondary N) is 1. The van der Waals surface area contributed by atoms with Crippen molar-refractivity contribution in [2.24, 2.45) is 0 Å². The van der Waals surface area contributed by atoms with Gasteiger partial charge in [0.1, 0.15) is 48.5 Å². The maximum absolute atomic E-state index is 12.4. The Morgan fingerprint density at radius 3 is 2.50 bits per heavy atom. The topological polar surface area (TPSA) is 253 Å². The van der Waals surface area contributed by atoms with Gasteiger partial charge in [0.05, 0.1) is 25.9 Å². The molecule has 4 aromatic heterocycles. The Labute approximate surface area is 270 Å². The van der Waals surface area contributed by atoms with Crippen LogP contribution in [0.3, 0.4) is 0 Å². The van der Waals surface area contributed by atoms with Crippen LogP contribution in [-0.2, 0) is 48.8 Å². The van der Waals surface area contributed by atoms with Crippen LogP contribution in [0, 0.1) is 0 Å². The molecule has 6 N–H and O–H groups in total. The number of aromatic amines is 1. The van der Waals surface area contributed by atoms with Crippen LogP contribution >= 0.6 is 26.5 Å². The van der Waals surface area contributed by atoms with Crippen molar-refractivity contribution >= 4 is 72.4 Å². The Bertz CT molecular complexity index is 1860. The molecule has 248 valence electrons. The quantitative estimate of drug-likeness (QED) is 0.139. The molecule has 0 radical (unpaired) electrons. The number of anilines is 2. The average Bonchev–Trinajstić information content (AvgIpc) is 3.78. The summed E-state index contributed by atoms with van der Waals surface area (Å²) in [6.45, 7) is -4.38. The molecule has 10 unspecified atom stereocenters. The highest BCUT2D eigenvalue weighted by Crippen LogP contribution is 2.54. The van der Waals surface area contributed by atoms with E-state index in [-0.39, 0.29) is 36.1 Å². The first kappa shape index (κ1) is 32.1. The van der Waals surface area contributed by atoms with E-state index in [0.29, 0.717) is 11.2 Å². The molecule has 0 saturated carbocycles. The van der Waals surface area contributed by atoms with Gasteiger partial charge in [0.25, 0.3) is 5.56 Å². The van der Waals surface area contributed by atoms with Gasteiger partial charge in [0, 0.05) is 14.2 Å². The van der Waals surface area contributed by atoms with E-state index in [2.05, 4.69) is 42.2 Å². The van der Waals surface area contributed by atoms with Crippen molar-refractivity contribution in [2.75, 3.05) is 38.9 Å². The summed E-state index contributed by atoms with van der Waals surface area (Å²) in [7, 11) is 0.989. The zero-order valence-corrected chi connectivity index (χ0v) is 27.4. The Morgan fingerprint density at radius 1 is 1.02 bits per heavy atom. The van der Waals surface area contributed by atoms with E-state index in [0.717, 1.165) is 0 Å². The van der Waals surface area contributed by atoms with Gasteiger partial charge >= 0.3 is 6.72 Å². The van der Waals surface area contributed by atoms with Crippen molar-refractivity contribution in [2.45, 2.75) is 49.1 Å². The van der Waals surface area contributed by atoms with Gasteiger partial charge in [0.15, 0.2) is 35.1 Å². The number of ether oxygens (including phenoxy) is 4. The summed E-state index contributed by atoms with van der Waals surface area (Å²) >= 11 is 10.0. The third-order valence-corrected chi connectivity index (χ3v) is 10.7. The number of methoxy groups -OCH3 is 2. The molecule has 4 aromatic rings. The highest BCUT2D eigenvalue weighted by molar-refractivity contribution is 8.41. The molecule has 2 bridgehead atoms. The molecular weight excluding hydrogens is 690 g/mol. The summed E-state index contributed by atoms with van der Waals surface area (Å²) in [5, 5.41) is 0. The summed E-state index contributed by atoms with van der Waals surface area (Å²) in [5.41, 5.74) is 12.2. The minimum Gasteiger partial charge on any atom is -0.382 e. The number of nitrogen functional groups attached to an aromatic ring is 2. The minimum atomic E-state index is -3.99. The first-order valence-corrected chi connectivity index (χ1v) is 18.5. The fraction of sp³-hybridized carbons (Fsp3) is 0.545. The lowest BCUT2D eigenvalue weighted by Gasteiger charge is -2.28. The normalized spacial score (nSPS) is 35.5. The molecule has 20 nitrogen and oxygen atoms in total. The van der Waals surface area contributed by atoms with Crippen LogP contribution in [0.5, 0.6) is 0 Å². The third kappa shape index (κ3) is 5.70. The first-order valence-electron chi connectivity index (χ1n) is 13.5. The molecule has 7 rings (SSSR count). The Hall–Kier alpha value is -2.43. The van der Waals surface area contributed by atoms with Gasteiger partial charge in [-0.25, -0.2) is 19.9 Å². The summed E-state index contributed by atoms with van der Waals surface area (Å²) < 4.78 is 51.5. The minimum absolute atomic E-state index is 0.0368. The monoisotopic (exact) mass is 718 g/mol. The maximum atomic E-state index is 12.4. The number of aromatic nitrogens is 8. The average molecular weight is 719 g/mol. The summed E-state index contributed by atoms with van der Waals surface area (Å²) in [6.07, 6.45) is -2.83. The van der Waals surface area contributed by atoms with Crippen molar-refractivity contribution < 1.29 is 41.9 Å². The molecule has 0 aromatic carbocycles. The molecular formula is C22H28N10O10P2S2. The number of rotatable bonds is 4. The summed E-state index contributed by atoms with van der Waals surface area (Å²) in [5.74, 6) is 0.0746. The van der Waals surface area contributed by atoms with Crippen LogP contribution in [0.4, 0.5) is 11.8 Å². The fourth-order valence-electron chi connectivity index (χ4n) is 5.72. The van der Waals surface area contributed by atoms with Crippen LogP contribution in [0.1, 0.15) is 12.5 Å². The number of nitrogens with two attached hydrogens (primary N) is 2. The molecule has 46 heavy (non-hydrogen) atoms. The molecule has 0 amide bonds. The van der Waals surface area contributed by atoms with Crippen molar-refractivity contribution in [3.05, 3.63) is 29.3 Å². The molecule has 0 aliphatic carbocycles. The second kappa shape index (κ2) is 12.5. The Morgan fingerprint density at radius 2 is 1.74 bits per heavy atom. The van der Waals surface area contributed by atoms with Gasteiger partial charge in [-0.15, -0.1) is 0 Å². The van der Waals surface area contributed by atoms with Crippen molar-refractivity contribution in [3.63, 3.8) is 0 Å². The van der Waals surface area contributed by atoms with Gasteiger partial charge in [-0.3, -0.25) is 23.4 Å². The standard InChI is InChI=1S/C22H28N10O10P2S2/c1-35-12-9-4-38-44(34,46)42-13-8(39-20(14(13)36-2)31-6-27-10-16(23)25-5-26-17(10)31)3-37-43(45)41-15(12)21(40-9)32-7-28-11-18(32)29-22(24)30-19(11)33/h5-9,12-15,20-21,45H,3-4H2,1-2H3,(H,34,46)(H2,23,25,26)(H3,24,29,30,33). The number of hydrogen-bond acceptors (Lipinski definition) is 18. The number of H-pyrrole nitrogens is 1. The molecule has 7 heterocycles. The molecule has 3 aliphatic rings. The number of nitrogens with zero attached hydrogens (tertiary/aromatic N) is 7. The highest BCUT2D eigenvalue weighted by Gasteiger charge is 2.52. The lowest BCUT2D eigenvalue weighted by molar-refractivity contribution is -0.0584. The van der Waals surface area contributed by atoms with Crippen molar-refractivity contribution in [3.8, 4) is 0 Å². The van der Waals surface area contributed by atoms with Gasteiger partial charge in [-0.2, -0.15) is 4.98 Å². The van der Waals surface area contributed by atoms with Gasteiger partial charge < -0.3 is 48.9 Å². The second-order valence-corrected chi connectivity index (χ2v) is 15.0. The van der Waals surface area contributed by atoms with E-state index in [1.54, 1.807) is 4.57 Å². The molecule has 3 fully saturated rings. The number of imidazole rings is 2. The summed E-state index contributed by atoms with van der Waals surface area (Å²) in [4.78, 5) is 47.1. The zero-order valence-electron chi connectivity index (χ0n) is 23.9. The van der Waals surface area contributed by atoms with E-state index in [4.69, 9.17) is 60.3 Å². The summed E-state index contributed by atoms with van der Waals surface area (Å²) in [6, 6.07) is 0. The van der Waals surface area contributed by atoms with Gasteiger partial charge in [0.2, 0.25) is 13.5 Å². The zero-order chi connectivity index (χ0) is 32.3. The predicted octanol–water partition coefficient (Wildman–Crippen LogP) is 0.139. The molecule has 3 aliphatic heterocycles. The number of fused-ring (bicyclic) bond motifs is 5. The largest absolute Gasteiger partial charge is 0.382 e. The van der Waals surface area contributed by atoms with Crippen LogP contribution in [0.15, 0.2) is 23.8 Å². The smallest absolute Gasteiger partial charge is 0.325 e. The van der Waals surface area contributed by atoms with Crippen LogP contribution in [0.25, 0.3) is 22.3 Å².